The van der Waals surface area contributed by atoms with Gasteiger partial charge in [0.2, 0.25) is 17.1 Å². The van der Waals surface area contributed by atoms with Crippen LogP contribution < -0.4 is 4.74 Å². The molecule has 0 saturated carbocycles. The summed E-state index contributed by atoms with van der Waals surface area (Å²) in [5.74, 6) is -2.11. The standard InChI is InChI=1S/C24H19BrN4O3/c1-3-30-19-10-4-16(5-11-19)20-22(12-26,13-27)23(14-28)15(2)24(31-20,32-21(23)29)17-6-8-18(25)9-7-17/h4-11,15,20,29H,3H2,1-2H3. The van der Waals surface area contributed by atoms with Gasteiger partial charge in [0.15, 0.2) is 5.41 Å². The van der Waals surface area contributed by atoms with Crippen LogP contribution in [0.2, 0.25) is 0 Å². The molecule has 2 fully saturated rings. The fourth-order valence-electron chi connectivity index (χ4n) is 4.76. The Morgan fingerprint density at radius 1 is 1.03 bits per heavy atom. The Hall–Kier alpha value is -3.38. The second kappa shape index (κ2) is 7.64. The van der Waals surface area contributed by atoms with E-state index >= 15 is 0 Å². The van der Waals surface area contributed by atoms with E-state index in [1.165, 1.54) is 0 Å². The second-order valence-electron chi connectivity index (χ2n) is 7.78. The molecule has 1 N–H and O–H groups in total. The molecule has 2 bridgehead atoms. The summed E-state index contributed by atoms with van der Waals surface area (Å²) in [5.41, 5.74) is -2.72. The lowest BCUT2D eigenvalue weighted by molar-refractivity contribution is -0.288. The normalized spacial score (nSPS) is 29.8. The third kappa shape index (κ3) is 2.62. The summed E-state index contributed by atoms with van der Waals surface area (Å²) in [4.78, 5) is 0. The van der Waals surface area contributed by atoms with Crippen LogP contribution in [0.5, 0.6) is 5.75 Å². The van der Waals surface area contributed by atoms with Crippen LogP contribution in [0.3, 0.4) is 0 Å². The van der Waals surface area contributed by atoms with E-state index in [1.807, 2.05) is 31.2 Å². The van der Waals surface area contributed by atoms with Gasteiger partial charge in [-0.2, -0.15) is 15.8 Å². The van der Waals surface area contributed by atoms with Crippen molar-refractivity contribution in [2.75, 3.05) is 6.61 Å². The predicted molar refractivity (Wildman–Crippen MR) is 117 cm³/mol. The van der Waals surface area contributed by atoms with Crippen molar-refractivity contribution in [3.8, 4) is 24.0 Å². The molecule has 160 valence electrons. The number of nitriles is 3. The highest BCUT2D eigenvalue weighted by molar-refractivity contribution is 9.10. The van der Waals surface area contributed by atoms with E-state index in [-0.39, 0.29) is 0 Å². The largest absolute Gasteiger partial charge is 0.494 e. The first-order valence-corrected chi connectivity index (χ1v) is 10.8. The van der Waals surface area contributed by atoms with Gasteiger partial charge in [0.25, 0.3) is 0 Å². The lowest BCUT2D eigenvalue weighted by Gasteiger charge is -2.48. The number of ether oxygens (including phenoxy) is 3. The van der Waals surface area contributed by atoms with Gasteiger partial charge in [-0.25, -0.2) is 0 Å². The molecular weight excluding hydrogens is 472 g/mol. The molecule has 7 nitrogen and oxygen atoms in total. The maximum atomic E-state index is 10.3. The maximum absolute atomic E-state index is 10.3. The number of halogens is 1. The van der Waals surface area contributed by atoms with Gasteiger partial charge >= 0.3 is 0 Å². The smallest absolute Gasteiger partial charge is 0.244 e. The Labute approximate surface area is 194 Å². The summed E-state index contributed by atoms with van der Waals surface area (Å²) >= 11 is 3.40. The molecule has 2 heterocycles. The Kier molecular flexibility index (Phi) is 5.21. The van der Waals surface area contributed by atoms with Gasteiger partial charge in [-0.1, -0.05) is 47.1 Å². The first-order chi connectivity index (χ1) is 15.3. The number of hydrogen-bond acceptors (Lipinski definition) is 7. The van der Waals surface area contributed by atoms with E-state index in [0.717, 1.165) is 4.47 Å². The summed E-state index contributed by atoms with van der Waals surface area (Å²) in [6.45, 7) is 4.05. The lowest BCUT2D eigenvalue weighted by atomic mass is 9.53. The maximum Gasteiger partial charge on any atom is 0.244 e. The zero-order chi connectivity index (χ0) is 23.1. The fourth-order valence-corrected chi connectivity index (χ4v) is 5.02. The third-order valence-electron chi connectivity index (χ3n) is 6.41. The summed E-state index contributed by atoms with van der Waals surface area (Å²) in [7, 11) is 0. The molecule has 32 heavy (non-hydrogen) atoms. The van der Waals surface area contributed by atoms with Gasteiger partial charge in [-0.3, -0.25) is 5.41 Å². The van der Waals surface area contributed by atoms with Crippen molar-refractivity contribution in [1.82, 2.24) is 0 Å². The van der Waals surface area contributed by atoms with E-state index in [4.69, 9.17) is 19.6 Å². The van der Waals surface area contributed by atoms with Gasteiger partial charge in [0.1, 0.15) is 11.9 Å². The van der Waals surface area contributed by atoms with Crippen molar-refractivity contribution < 1.29 is 14.2 Å². The van der Waals surface area contributed by atoms with Crippen molar-refractivity contribution in [3.05, 3.63) is 64.1 Å². The quantitative estimate of drug-likeness (QED) is 0.645. The zero-order valence-electron chi connectivity index (χ0n) is 17.4. The van der Waals surface area contributed by atoms with Crippen molar-refractivity contribution in [3.63, 3.8) is 0 Å². The topological polar surface area (TPSA) is 123 Å². The molecule has 4 atom stereocenters. The molecule has 0 radical (unpaired) electrons. The van der Waals surface area contributed by atoms with Crippen LogP contribution in [-0.2, 0) is 15.3 Å². The summed E-state index contributed by atoms with van der Waals surface area (Å²) in [6.07, 6.45) is -1.14. The van der Waals surface area contributed by atoms with Gasteiger partial charge in [0, 0.05) is 10.0 Å². The van der Waals surface area contributed by atoms with E-state index in [1.54, 1.807) is 43.3 Å². The molecule has 0 aromatic heterocycles. The van der Waals surface area contributed by atoms with Crippen LogP contribution in [0.1, 0.15) is 31.1 Å². The van der Waals surface area contributed by atoms with Crippen LogP contribution in [0.25, 0.3) is 0 Å². The molecule has 8 heteroatoms. The third-order valence-corrected chi connectivity index (χ3v) is 6.94. The van der Waals surface area contributed by atoms with Gasteiger partial charge in [-0.15, -0.1) is 0 Å². The molecule has 0 aliphatic carbocycles. The summed E-state index contributed by atoms with van der Waals surface area (Å²) < 4.78 is 18.8. The number of nitrogens with zero attached hydrogens (tertiary/aromatic N) is 3. The zero-order valence-corrected chi connectivity index (χ0v) is 19.0. The van der Waals surface area contributed by atoms with E-state index in [0.29, 0.717) is 23.5 Å². The number of fused-ring (bicyclic) bond motifs is 2. The summed E-state index contributed by atoms with van der Waals surface area (Å²) in [6, 6.07) is 20.3. The Morgan fingerprint density at radius 3 is 2.19 bits per heavy atom. The van der Waals surface area contributed by atoms with Crippen molar-refractivity contribution in [2.24, 2.45) is 16.7 Å². The Morgan fingerprint density at radius 2 is 1.66 bits per heavy atom. The fraction of sp³-hybridized carbons (Fsp3) is 0.333. The average molecular weight is 491 g/mol. The minimum absolute atomic E-state index is 0.438. The molecule has 0 spiro atoms. The molecule has 0 amide bonds. The second-order valence-corrected chi connectivity index (χ2v) is 8.69. The predicted octanol–water partition coefficient (Wildman–Crippen LogP) is 4.96. The first-order valence-electron chi connectivity index (χ1n) is 10.0. The Balaban J connectivity index is 1.97. The molecule has 2 aromatic carbocycles. The van der Waals surface area contributed by atoms with Crippen LogP contribution in [0, 0.1) is 56.2 Å². The molecule has 4 rings (SSSR count). The molecule has 2 aliphatic heterocycles. The lowest BCUT2D eigenvalue weighted by Crippen LogP contribution is -2.57. The molecule has 2 saturated heterocycles. The Bertz CT molecular complexity index is 1180. The number of nitrogens with one attached hydrogen (secondary N) is 1. The molecular formula is C24H19BrN4O3. The number of hydrogen-bond donors (Lipinski definition) is 1. The van der Waals surface area contributed by atoms with Crippen molar-refractivity contribution in [2.45, 2.75) is 25.7 Å². The van der Waals surface area contributed by atoms with Crippen LogP contribution in [0.4, 0.5) is 0 Å². The van der Waals surface area contributed by atoms with Gasteiger partial charge in [0.05, 0.1) is 30.7 Å². The average Bonchev–Trinajstić information content (AvgIpc) is 2.96. The first kappa shape index (κ1) is 21.8. The van der Waals surface area contributed by atoms with Crippen molar-refractivity contribution >= 4 is 21.8 Å². The van der Waals surface area contributed by atoms with Crippen molar-refractivity contribution in [1.29, 1.82) is 21.2 Å². The number of rotatable bonds is 4. The summed E-state index contributed by atoms with van der Waals surface area (Å²) in [5, 5.41) is 39.5. The van der Waals surface area contributed by atoms with Gasteiger partial charge in [-0.05, 0) is 36.8 Å². The molecule has 2 aromatic rings. The minimum Gasteiger partial charge on any atom is -0.494 e. The van der Waals surface area contributed by atoms with E-state index in [2.05, 4.69) is 22.0 Å². The van der Waals surface area contributed by atoms with E-state index < -0.39 is 34.5 Å². The SMILES string of the molecule is CCOc1ccc(C2OC3(c4ccc(Br)cc4)OC(=N)C(C#N)(C3C)C2(C#N)C#N)cc1. The van der Waals surface area contributed by atoms with Crippen LogP contribution >= 0.6 is 15.9 Å². The number of benzene rings is 2. The van der Waals surface area contributed by atoms with Crippen LogP contribution in [0.15, 0.2) is 53.0 Å². The molecule has 4 unspecified atom stereocenters. The van der Waals surface area contributed by atoms with Gasteiger partial charge < -0.3 is 14.2 Å². The minimum atomic E-state index is -2.00. The molecule has 2 aliphatic rings. The highest BCUT2D eigenvalue weighted by atomic mass is 79.9. The highest BCUT2D eigenvalue weighted by Gasteiger charge is 2.79. The monoisotopic (exact) mass is 490 g/mol. The van der Waals surface area contributed by atoms with Crippen LogP contribution in [-0.4, -0.2) is 12.5 Å². The van der Waals surface area contributed by atoms with E-state index in [9.17, 15) is 15.8 Å². The highest BCUT2D eigenvalue weighted by Crippen LogP contribution is 2.68.